The number of aliphatic hydroxyl groups is 2. The highest BCUT2D eigenvalue weighted by Crippen LogP contribution is 2.62. The fraction of sp³-hybridized carbons (Fsp3) is 0.556. The van der Waals surface area contributed by atoms with Crippen molar-refractivity contribution in [3.8, 4) is 11.5 Å². The van der Waals surface area contributed by atoms with E-state index in [0.29, 0.717) is 55.3 Å². The Hall–Kier alpha value is -4.23. The van der Waals surface area contributed by atoms with Crippen molar-refractivity contribution < 1.29 is 47.9 Å². The minimum absolute atomic E-state index is 0.0451. The summed E-state index contributed by atoms with van der Waals surface area (Å²) in [5.41, 5.74) is 3.21. The fourth-order valence-corrected chi connectivity index (χ4v) is 9.10. The highest BCUT2D eigenvalue weighted by Gasteiger charge is 2.65. The van der Waals surface area contributed by atoms with Gasteiger partial charge in [-0.1, -0.05) is 54.9 Å². The Morgan fingerprint density at radius 2 is 1.81 bits per heavy atom. The van der Waals surface area contributed by atoms with E-state index in [-0.39, 0.29) is 63.0 Å². The quantitative estimate of drug-likeness (QED) is 0.0775. The third kappa shape index (κ3) is 9.74. The number of carbonyl (C=O) groups is 1. The van der Waals surface area contributed by atoms with Crippen LogP contribution in [-0.2, 0) is 25.6 Å². The second-order valence-corrected chi connectivity index (χ2v) is 15.2. The number of amides is 1. The number of carbonyl (C=O) groups excluding carboxylic acids is 1. The van der Waals surface area contributed by atoms with Crippen LogP contribution in [0.2, 0.25) is 0 Å². The van der Waals surface area contributed by atoms with Crippen LogP contribution in [0.25, 0.3) is 0 Å². The first-order chi connectivity index (χ1) is 27.9. The van der Waals surface area contributed by atoms with Crippen molar-refractivity contribution in [3.05, 3.63) is 96.4 Å². The number of oxime groups is 1. The van der Waals surface area contributed by atoms with E-state index in [2.05, 4.69) is 19.2 Å². The molecule has 1 saturated carbocycles. The van der Waals surface area contributed by atoms with Crippen molar-refractivity contribution in [2.75, 3.05) is 39.6 Å². The van der Waals surface area contributed by atoms with Crippen molar-refractivity contribution in [2.24, 2.45) is 22.9 Å². The van der Waals surface area contributed by atoms with Gasteiger partial charge in [-0.05, 0) is 98.8 Å². The van der Waals surface area contributed by atoms with Gasteiger partial charge in [-0.3, -0.25) is 4.90 Å². The molecule has 0 bridgehead atoms. The zero-order chi connectivity index (χ0) is 40.2. The van der Waals surface area contributed by atoms with Gasteiger partial charge in [0, 0.05) is 44.1 Å². The van der Waals surface area contributed by atoms with Crippen LogP contribution < -0.4 is 9.47 Å². The zero-order valence-corrected chi connectivity index (χ0v) is 33.2. The Bertz CT molecular complexity index is 1710. The van der Waals surface area contributed by atoms with Gasteiger partial charge in [0.15, 0.2) is 0 Å². The molecule has 7 unspecified atom stereocenters. The highest BCUT2D eigenvalue weighted by molar-refractivity contribution is 6.03. The molecule has 1 saturated heterocycles. The SMILES string of the molecule is C=CCOc1ccc2c(c1)C1C(CCCCO)C(CCCCO)C=C3C(=NOC4CCCCO4)CC(N(Cc4ccc(F)cc4)C(=O)OCC)C(OCC=C)(O2)C31. The molecular weight excluding hydrogens is 731 g/mol. The number of aliphatic hydroxyl groups excluding tert-OH is 2. The minimum Gasteiger partial charge on any atom is -0.490 e. The van der Waals surface area contributed by atoms with Gasteiger partial charge in [0.1, 0.15) is 30.0 Å². The van der Waals surface area contributed by atoms with Crippen molar-refractivity contribution in [2.45, 2.75) is 102 Å². The number of halogens is 1. The van der Waals surface area contributed by atoms with Crippen LogP contribution in [0, 0.1) is 23.6 Å². The normalized spacial score (nSPS) is 26.9. The zero-order valence-electron chi connectivity index (χ0n) is 33.2. The molecule has 310 valence electrons. The summed E-state index contributed by atoms with van der Waals surface area (Å²) in [6.45, 7) is 11.0. The number of fused-ring (bicyclic) bond motifs is 2. The first-order valence-electron chi connectivity index (χ1n) is 20.6. The minimum atomic E-state index is -1.47. The molecule has 7 atom stereocenters. The highest BCUT2D eigenvalue weighted by atomic mass is 19.1. The van der Waals surface area contributed by atoms with E-state index in [9.17, 15) is 19.4 Å². The predicted molar refractivity (Wildman–Crippen MR) is 214 cm³/mol. The molecule has 6 rings (SSSR count). The number of hydrogen-bond acceptors (Lipinski definition) is 10. The van der Waals surface area contributed by atoms with Gasteiger partial charge in [-0.25, -0.2) is 9.18 Å². The summed E-state index contributed by atoms with van der Waals surface area (Å²) in [5, 5.41) is 24.6. The Kier molecular flexibility index (Phi) is 15.2. The number of hydrogen-bond donors (Lipinski definition) is 2. The number of benzene rings is 2. The van der Waals surface area contributed by atoms with Crippen molar-refractivity contribution in [1.29, 1.82) is 0 Å². The molecule has 0 radical (unpaired) electrons. The van der Waals surface area contributed by atoms with Crippen LogP contribution in [0.15, 0.2) is 84.6 Å². The summed E-state index contributed by atoms with van der Waals surface area (Å²) >= 11 is 0. The van der Waals surface area contributed by atoms with E-state index in [1.807, 2.05) is 18.2 Å². The summed E-state index contributed by atoms with van der Waals surface area (Å²) in [7, 11) is 0. The molecule has 11 nitrogen and oxygen atoms in total. The Balaban J connectivity index is 1.60. The van der Waals surface area contributed by atoms with E-state index in [1.165, 1.54) is 12.1 Å². The second-order valence-electron chi connectivity index (χ2n) is 15.2. The Morgan fingerprint density at radius 1 is 1.04 bits per heavy atom. The second kappa shape index (κ2) is 20.5. The molecule has 2 aromatic rings. The Morgan fingerprint density at radius 3 is 2.51 bits per heavy atom. The average molecular weight is 791 g/mol. The average Bonchev–Trinajstić information content (AvgIpc) is 3.23. The molecule has 1 amide bonds. The van der Waals surface area contributed by atoms with Gasteiger partial charge in [-0.2, -0.15) is 0 Å². The first kappa shape index (κ1) is 42.4. The first-order valence-corrected chi connectivity index (χ1v) is 20.6. The van der Waals surface area contributed by atoms with Crippen LogP contribution in [0.4, 0.5) is 9.18 Å². The van der Waals surface area contributed by atoms with Gasteiger partial charge in [-0.15, -0.1) is 6.58 Å². The van der Waals surface area contributed by atoms with E-state index >= 15 is 0 Å². The summed E-state index contributed by atoms with van der Waals surface area (Å²) in [5.74, 6) is -1.20. The van der Waals surface area contributed by atoms with Gasteiger partial charge in [0.05, 0.1) is 31.5 Å². The molecular formula is C45H59FN2O9. The molecule has 2 aliphatic carbocycles. The molecule has 2 aromatic carbocycles. The van der Waals surface area contributed by atoms with Gasteiger partial charge < -0.3 is 38.7 Å². The summed E-state index contributed by atoms with van der Waals surface area (Å²) in [6.07, 6.45) is 12.0. The van der Waals surface area contributed by atoms with Crippen LogP contribution in [0.1, 0.15) is 88.2 Å². The van der Waals surface area contributed by atoms with Crippen LogP contribution in [0.5, 0.6) is 11.5 Å². The lowest BCUT2D eigenvalue weighted by Crippen LogP contribution is -2.70. The third-order valence-electron chi connectivity index (χ3n) is 11.6. The monoisotopic (exact) mass is 790 g/mol. The lowest BCUT2D eigenvalue weighted by Gasteiger charge is -2.59. The summed E-state index contributed by atoms with van der Waals surface area (Å²) in [4.78, 5) is 22.1. The van der Waals surface area contributed by atoms with E-state index in [4.69, 9.17) is 33.7 Å². The van der Waals surface area contributed by atoms with E-state index in [0.717, 1.165) is 49.7 Å². The molecule has 0 aromatic heterocycles. The van der Waals surface area contributed by atoms with Crippen LogP contribution >= 0.6 is 0 Å². The maximum Gasteiger partial charge on any atom is 0.410 e. The largest absolute Gasteiger partial charge is 0.490 e. The maximum absolute atomic E-state index is 14.3. The van der Waals surface area contributed by atoms with Crippen molar-refractivity contribution >= 4 is 11.8 Å². The molecule has 2 aliphatic heterocycles. The molecule has 2 heterocycles. The van der Waals surface area contributed by atoms with E-state index < -0.39 is 30.1 Å². The standard InChI is InChI=1S/C45H59FN2O9/c1-4-24-53-34-20-21-39-37(28-34)42-35(14-8-11-23-50)32(13-7-10-22-49)27-36-38(47-57-41-15-9-12-26-54-41)29-40(45(56-39,43(36)42)55-25-5-2)48(44(51)52-6-3)30-31-16-18-33(46)19-17-31/h4-5,16-21,27-28,32,35,40-43,49-50H,1-2,6-15,22-26,29-30H2,3H3. The number of rotatable bonds is 20. The smallest absolute Gasteiger partial charge is 0.410 e. The molecule has 4 aliphatic rings. The lowest BCUT2D eigenvalue weighted by atomic mass is 9.55. The van der Waals surface area contributed by atoms with Gasteiger partial charge in [0.25, 0.3) is 0 Å². The van der Waals surface area contributed by atoms with E-state index in [1.54, 1.807) is 36.1 Å². The molecule has 2 fully saturated rings. The lowest BCUT2D eigenvalue weighted by molar-refractivity contribution is -0.256. The maximum atomic E-state index is 14.3. The van der Waals surface area contributed by atoms with Crippen molar-refractivity contribution in [1.82, 2.24) is 4.90 Å². The van der Waals surface area contributed by atoms with Crippen LogP contribution in [-0.4, -0.2) is 84.7 Å². The van der Waals surface area contributed by atoms with Crippen molar-refractivity contribution in [3.63, 3.8) is 0 Å². The Labute approximate surface area is 336 Å². The molecule has 57 heavy (non-hydrogen) atoms. The van der Waals surface area contributed by atoms with Gasteiger partial charge >= 0.3 is 6.09 Å². The van der Waals surface area contributed by atoms with Gasteiger partial charge in [0.2, 0.25) is 12.1 Å². The number of ether oxygens (including phenoxy) is 5. The number of unbranched alkanes of at least 4 members (excludes halogenated alkanes) is 2. The molecule has 0 spiro atoms. The summed E-state index contributed by atoms with van der Waals surface area (Å²) in [6, 6.07) is 11.1. The predicted octanol–water partition coefficient (Wildman–Crippen LogP) is 8.21. The fourth-order valence-electron chi connectivity index (χ4n) is 9.10. The number of allylic oxidation sites excluding steroid dienone is 1. The topological polar surface area (TPSA) is 129 Å². The van der Waals surface area contributed by atoms with Crippen LogP contribution in [0.3, 0.4) is 0 Å². The molecule has 2 N–H and O–H groups in total. The molecule has 12 heteroatoms. The third-order valence-corrected chi connectivity index (χ3v) is 11.6. The summed E-state index contributed by atoms with van der Waals surface area (Å²) < 4.78 is 46.2. The number of nitrogens with zero attached hydrogens (tertiary/aromatic N) is 2.